The number of carbonyl (C=O) groups is 1. The fourth-order valence-corrected chi connectivity index (χ4v) is 3.66. The number of benzene rings is 1. The highest BCUT2D eigenvalue weighted by Crippen LogP contribution is 2.26. The molecule has 1 saturated heterocycles. The molecule has 1 aromatic carbocycles. The number of anilines is 1. The van der Waals surface area contributed by atoms with Crippen LogP contribution in [0.1, 0.15) is 35.7 Å². The van der Waals surface area contributed by atoms with E-state index in [0.717, 1.165) is 35.6 Å². The largest absolute Gasteiger partial charge is 0.370 e. The van der Waals surface area contributed by atoms with Crippen LogP contribution in [0.2, 0.25) is 0 Å². The van der Waals surface area contributed by atoms with Crippen LogP contribution in [0.15, 0.2) is 48.8 Å². The van der Waals surface area contributed by atoms with Crippen molar-refractivity contribution in [1.29, 1.82) is 0 Å². The Kier molecular flexibility index (Phi) is 4.81. The fraction of sp³-hybridized carbons (Fsp3) is 0.333. The number of piperidine rings is 1. The number of hydroxylamine groups is 1. The lowest BCUT2D eigenvalue weighted by Crippen LogP contribution is -2.32. The number of amides is 1. The van der Waals surface area contributed by atoms with E-state index < -0.39 is 5.91 Å². The molecule has 6 nitrogen and oxygen atoms in total. The predicted molar refractivity (Wildman–Crippen MR) is 105 cm³/mol. The Labute approximate surface area is 158 Å². The van der Waals surface area contributed by atoms with Gasteiger partial charge in [-0.15, -0.1) is 0 Å². The Morgan fingerprint density at radius 1 is 1.22 bits per heavy atom. The third-order valence-corrected chi connectivity index (χ3v) is 5.41. The molecule has 0 saturated carbocycles. The molecule has 0 atom stereocenters. The minimum atomic E-state index is -0.505. The van der Waals surface area contributed by atoms with E-state index in [9.17, 15) is 4.79 Å². The standard InChI is InChI=1S/C21H24N4O2/c1-15-6-9-24(10-7-15)19-12-18-8-11-25(20(18)22-13-19)14-16-2-4-17(5-3-16)21(26)23-27/h2-5,8,11-13,15,27H,6-7,9-10,14H2,1H3,(H,23,26). The Bertz CT molecular complexity index is 940. The van der Waals surface area contributed by atoms with Gasteiger partial charge in [-0.1, -0.05) is 19.1 Å². The van der Waals surface area contributed by atoms with Crippen LogP contribution < -0.4 is 10.4 Å². The molecule has 0 radical (unpaired) electrons. The van der Waals surface area contributed by atoms with Gasteiger partial charge in [0.25, 0.3) is 5.91 Å². The van der Waals surface area contributed by atoms with Crippen molar-refractivity contribution in [1.82, 2.24) is 15.0 Å². The number of pyridine rings is 1. The summed E-state index contributed by atoms with van der Waals surface area (Å²) < 4.78 is 2.11. The molecule has 1 aliphatic heterocycles. The number of nitrogens with zero attached hydrogens (tertiary/aromatic N) is 3. The first-order valence-electron chi connectivity index (χ1n) is 9.37. The second-order valence-electron chi connectivity index (χ2n) is 7.36. The first kappa shape index (κ1) is 17.5. The molecular formula is C21H24N4O2. The van der Waals surface area contributed by atoms with Crippen LogP contribution in [0.4, 0.5) is 5.69 Å². The summed E-state index contributed by atoms with van der Waals surface area (Å²) in [7, 11) is 0. The molecule has 0 unspecified atom stereocenters. The van der Waals surface area contributed by atoms with Crippen molar-refractivity contribution in [3.05, 3.63) is 59.9 Å². The summed E-state index contributed by atoms with van der Waals surface area (Å²) in [6, 6.07) is 11.5. The van der Waals surface area contributed by atoms with E-state index in [0.29, 0.717) is 12.1 Å². The average molecular weight is 364 g/mol. The summed E-state index contributed by atoms with van der Waals surface area (Å²) >= 11 is 0. The molecule has 27 heavy (non-hydrogen) atoms. The van der Waals surface area contributed by atoms with E-state index in [4.69, 9.17) is 10.2 Å². The number of nitrogens with one attached hydrogen (secondary N) is 1. The van der Waals surface area contributed by atoms with Crippen LogP contribution in [0.3, 0.4) is 0 Å². The van der Waals surface area contributed by atoms with Gasteiger partial charge in [0.2, 0.25) is 0 Å². The Hall–Kier alpha value is -2.86. The van der Waals surface area contributed by atoms with Gasteiger partial charge in [-0.3, -0.25) is 10.0 Å². The SMILES string of the molecule is CC1CCN(c2cnc3c(ccn3Cc3ccc(C(=O)NO)cc3)c2)CC1. The Morgan fingerprint density at radius 2 is 1.96 bits per heavy atom. The predicted octanol–water partition coefficient (Wildman–Crippen LogP) is 3.44. The van der Waals surface area contributed by atoms with Crippen LogP contribution in [0.25, 0.3) is 11.0 Å². The van der Waals surface area contributed by atoms with E-state index in [1.807, 2.05) is 24.5 Å². The number of carbonyl (C=O) groups excluding carboxylic acids is 1. The lowest BCUT2D eigenvalue weighted by molar-refractivity contribution is 0.0706. The van der Waals surface area contributed by atoms with E-state index in [1.54, 1.807) is 17.6 Å². The molecule has 140 valence electrons. The summed E-state index contributed by atoms with van der Waals surface area (Å²) in [5.74, 6) is 0.308. The molecule has 3 aromatic rings. The van der Waals surface area contributed by atoms with E-state index in [2.05, 4.69) is 28.5 Å². The molecule has 0 spiro atoms. The van der Waals surface area contributed by atoms with E-state index in [1.165, 1.54) is 18.5 Å². The third kappa shape index (κ3) is 3.66. The van der Waals surface area contributed by atoms with Crippen molar-refractivity contribution in [2.24, 2.45) is 5.92 Å². The maximum atomic E-state index is 11.4. The molecular weight excluding hydrogens is 340 g/mol. The smallest absolute Gasteiger partial charge is 0.274 e. The zero-order chi connectivity index (χ0) is 18.8. The van der Waals surface area contributed by atoms with Crippen LogP contribution in [0.5, 0.6) is 0 Å². The van der Waals surface area contributed by atoms with Gasteiger partial charge in [-0.25, -0.2) is 10.5 Å². The minimum Gasteiger partial charge on any atom is -0.370 e. The molecule has 0 bridgehead atoms. The van der Waals surface area contributed by atoms with Crippen LogP contribution in [-0.2, 0) is 6.54 Å². The average Bonchev–Trinajstić information content (AvgIpc) is 3.10. The maximum absolute atomic E-state index is 11.4. The molecule has 3 heterocycles. The second-order valence-corrected chi connectivity index (χ2v) is 7.36. The van der Waals surface area contributed by atoms with Crippen molar-refractivity contribution < 1.29 is 10.0 Å². The molecule has 0 aliphatic carbocycles. The Morgan fingerprint density at radius 3 is 2.67 bits per heavy atom. The molecule has 2 aromatic heterocycles. The third-order valence-electron chi connectivity index (χ3n) is 5.41. The molecule has 1 aliphatic rings. The zero-order valence-corrected chi connectivity index (χ0v) is 15.4. The monoisotopic (exact) mass is 364 g/mol. The van der Waals surface area contributed by atoms with Crippen LogP contribution in [0, 0.1) is 5.92 Å². The van der Waals surface area contributed by atoms with Gasteiger partial charge in [-0.2, -0.15) is 0 Å². The van der Waals surface area contributed by atoms with Crippen LogP contribution >= 0.6 is 0 Å². The second kappa shape index (κ2) is 7.40. The van der Waals surface area contributed by atoms with Gasteiger partial charge in [-0.05, 0) is 48.6 Å². The van der Waals surface area contributed by atoms with Gasteiger partial charge >= 0.3 is 0 Å². The molecule has 1 fully saturated rings. The van der Waals surface area contributed by atoms with Crippen LogP contribution in [-0.4, -0.2) is 33.8 Å². The van der Waals surface area contributed by atoms with Crippen molar-refractivity contribution in [2.45, 2.75) is 26.3 Å². The Balaban J connectivity index is 1.52. The number of rotatable bonds is 4. The number of aromatic nitrogens is 2. The molecule has 4 rings (SSSR count). The summed E-state index contributed by atoms with van der Waals surface area (Å²) in [4.78, 5) is 18.6. The lowest BCUT2D eigenvalue weighted by Gasteiger charge is -2.31. The summed E-state index contributed by atoms with van der Waals surface area (Å²) in [6.45, 7) is 5.20. The molecule has 2 N–H and O–H groups in total. The highest BCUT2D eigenvalue weighted by Gasteiger charge is 2.17. The van der Waals surface area contributed by atoms with E-state index >= 15 is 0 Å². The van der Waals surface area contributed by atoms with Gasteiger partial charge < -0.3 is 9.47 Å². The lowest BCUT2D eigenvalue weighted by atomic mass is 9.99. The minimum absolute atomic E-state index is 0.428. The van der Waals surface area contributed by atoms with Crippen molar-refractivity contribution >= 4 is 22.6 Å². The number of hydrogen-bond acceptors (Lipinski definition) is 4. The van der Waals surface area contributed by atoms with Crippen molar-refractivity contribution in [3.8, 4) is 0 Å². The van der Waals surface area contributed by atoms with Gasteiger partial charge in [0.05, 0.1) is 11.9 Å². The molecule has 6 heteroatoms. The highest BCUT2D eigenvalue weighted by molar-refractivity contribution is 5.93. The van der Waals surface area contributed by atoms with Gasteiger partial charge in [0, 0.05) is 36.8 Å². The van der Waals surface area contributed by atoms with Gasteiger partial charge in [0.1, 0.15) is 5.65 Å². The summed E-state index contributed by atoms with van der Waals surface area (Å²) in [5.41, 5.74) is 5.30. The quantitative estimate of drug-likeness (QED) is 0.550. The first-order valence-corrected chi connectivity index (χ1v) is 9.37. The number of hydrogen-bond donors (Lipinski definition) is 2. The molecule has 1 amide bonds. The normalized spacial score (nSPS) is 15.3. The van der Waals surface area contributed by atoms with Gasteiger partial charge in [0.15, 0.2) is 0 Å². The van der Waals surface area contributed by atoms with E-state index in [-0.39, 0.29) is 0 Å². The zero-order valence-electron chi connectivity index (χ0n) is 15.4. The summed E-state index contributed by atoms with van der Waals surface area (Å²) in [5, 5.41) is 9.84. The summed E-state index contributed by atoms with van der Waals surface area (Å²) in [6.07, 6.45) is 6.50. The fourth-order valence-electron chi connectivity index (χ4n) is 3.66. The van der Waals surface area contributed by atoms with Crippen molar-refractivity contribution in [2.75, 3.05) is 18.0 Å². The highest BCUT2D eigenvalue weighted by atomic mass is 16.5. The maximum Gasteiger partial charge on any atom is 0.274 e. The topological polar surface area (TPSA) is 70.4 Å². The van der Waals surface area contributed by atoms with Crippen molar-refractivity contribution in [3.63, 3.8) is 0 Å². The first-order chi connectivity index (χ1) is 13.1. The number of fused-ring (bicyclic) bond motifs is 1.